The van der Waals surface area contributed by atoms with Crippen molar-refractivity contribution < 1.29 is 28.8 Å². The first kappa shape index (κ1) is 15.3. The number of esters is 1. The molecule has 1 N–H and O–H groups in total. The first-order valence-electron chi connectivity index (χ1n) is 4.92. The maximum Gasteiger partial charge on any atom is 0.302 e. The summed E-state index contributed by atoms with van der Waals surface area (Å²) in [5, 5.41) is 9.71. The van der Waals surface area contributed by atoms with E-state index >= 15 is 0 Å². The summed E-state index contributed by atoms with van der Waals surface area (Å²) in [7, 11) is 4.38. The van der Waals surface area contributed by atoms with Gasteiger partial charge < -0.3 is 24.1 Å². The van der Waals surface area contributed by atoms with E-state index in [1.807, 2.05) is 0 Å². The van der Waals surface area contributed by atoms with Gasteiger partial charge in [-0.15, -0.1) is 0 Å². The first-order chi connectivity index (χ1) is 7.56. The Bertz CT molecular complexity index is 196. The summed E-state index contributed by atoms with van der Waals surface area (Å²) in [6.07, 6.45) is -1.97. The Balaban J connectivity index is 4.30. The van der Waals surface area contributed by atoms with E-state index in [4.69, 9.17) is 18.9 Å². The second-order valence-electron chi connectivity index (χ2n) is 3.30. The maximum atomic E-state index is 10.7. The minimum atomic E-state index is -0.837. The van der Waals surface area contributed by atoms with E-state index in [1.165, 1.54) is 28.3 Å². The Morgan fingerprint density at radius 2 is 1.81 bits per heavy atom. The standard InChI is InChI=1S/C10H20O6/c1-7(11)16-6-9(14-3)10(15-4)8(12)5-13-2/h8-10,12H,5-6H2,1-4H3/t8-,9-,10-/m0/s1. The molecular formula is C10H20O6. The lowest BCUT2D eigenvalue weighted by molar-refractivity contribution is -0.156. The van der Waals surface area contributed by atoms with Gasteiger partial charge in [-0.05, 0) is 0 Å². The lowest BCUT2D eigenvalue weighted by Gasteiger charge is -2.27. The Labute approximate surface area is 95.4 Å². The summed E-state index contributed by atoms with van der Waals surface area (Å²) in [6.45, 7) is 1.46. The van der Waals surface area contributed by atoms with Crippen LogP contribution in [0.1, 0.15) is 6.92 Å². The minimum Gasteiger partial charge on any atom is -0.463 e. The highest BCUT2D eigenvalue weighted by atomic mass is 16.6. The monoisotopic (exact) mass is 236 g/mol. The molecule has 16 heavy (non-hydrogen) atoms. The number of rotatable bonds is 8. The normalized spacial score (nSPS) is 16.6. The van der Waals surface area contributed by atoms with Crippen molar-refractivity contribution in [2.45, 2.75) is 25.2 Å². The molecule has 0 aromatic carbocycles. The number of methoxy groups -OCH3 is 3. The van der Waals surface area contributed by atoms with Crippen LogP contribution in [0.3, 0.4) is 0 Å². The van der Waals surface area contributed by atoms with Crippen LogP contribution in [0.2, 0.25) is 0 Å². The van der Waals surface area contributed by atoms with Gasteiger partial charge in [-0.25, -0.2) is 0 Å². The maximum absolute atomic E-state index is 10.7. The molecule has 0 aliphatic heterocycles. The Morgan fingerprint density at radius 1 is 1.19 bits per heavy atom. The number of ether oxygens (including phenoxy) is 4. The largest absolute Gasteiger partial charge is 0.463 e. The molecule has 0 aromatic heterocycles. The second-order valence-corrected chi connectivity index (χ2v) is 3.30. The van der Waals surface area contributed by atoms with Gasteiger partial charge in [0, 0.05) is 28.3 Å². The molecule has 0 rings (SSSR count). The van der Waals surface area contributed by atoms with Crippen LogP contribution in [0.5, 0.6) is 0 Å². The summed E-state index contributed by atoms with van der Waals surface area (Å²) in [5.74, 6) is -0.405. The molecule has 0 heterocycles. The van der Waals surface area contributed by atoms with Crippen LogP contribution in [0.25, 0.3) is 0 Å². The van der Waals surface area contributed by atoms with Crippen molar-refractivity contribution in [1.29, 1.82) is 0 Å². The fourth-order valence-electron chi connectivity index (χ4n) is 1.32. The van der Waals surface area contributed by atoms with Crippen molar-refractivity contribution in [2.75, 3.05) is 34.5 Å². The lowest BCUT2D eigenvalue weighted by Crippen LogP contribution is -2.45. The van der Waals surface area contributed by atoms with Crippen molar-refractivity contribution in [2.24, 2.45) is 0 Å². The van der Waals surface area contributed by atoms with E-state index in [9.17, 15) is 9.90 Å². The zero-order valence-electron chi connectivity index (χ0n) is 10.1. The third kappa shape index (κ3) is 5.41. The molecular weight excluding hydrogens is 216 g/mol. The van der Waals surface area contributed by atoms with Crippen LogP contribution in [0, 0.1) is 0 Å². The summed E-state index contributed by atoms with van der Waals surface area (Å²) in [5.41, 5.74) is 0. The van der Waals surface area contributed by atoms with Crippen molar-refractivity contribution in [1.82, 2.24) is 0 Å². The number of carbonyl (C=O) groups is 1. The van der Waals surface area contributed by atoms with E-state index < -0.39 is 24.3 Å². The summed E-state index contributed by atoms with van der Waals surface area (Å²) >= 11 is 0. The van der Waals surface area contributed by atoms with Crippen molar-refractivity contribution in [3.63, 3.8) is 0 Å². The van der Waals surface area contributed by atoms with Crippen molar-refractivity contribution in [3.05, 3.63) is 0 Å². The third-order valence-electron chi connectivity index (χ3n) is 2.11. The quantitative estimate of drug-likeness (QED) is 0.577. The van der Waals surface area contributed by atoms with Crippen LogP contribution in [0.15, 0.2) is 0 Å². The van der Waals surface area contributed by atoms with Crippen LogP contribution in [0.4, 0.5) is 0 Å². The van der Waals surface area contributed by atoms with Gasteiger partial charge >= 0.3 is 5.97 Å². The molecule has 0 aliphatic rings. The van der Waals surface area contributed by atoms with Crippen molar-refractivity contribution in [3.8, 4) is 0 Å². The Morgan fingerprint density at radius 3 is 2.19 bits per heavy atom. The van der Waals surface area contributed by atoms with Crippen LogP contribution < -0.4 is 0 Å². The van der Waals surface area contributed by atoms with Crippen molar-refractivity contribution >= 4 is 5.97 Å². The topological polar surface area (TPSA) is 74.2 Å². The zero-order valence-corrected chi connectivity index (χ0v) is 10.1. The zero-order chi connectivity index (χ0) is 12.6. The van der Waals surface area contributed by atoms with Gasteiger partial charge in [-0.1, -0.05) is 0 Å². The first-order valence-corrected chi connectivity index (χ1v) is 4.92. The van der Waals surface area contributed by atoms with E-state index in [-0.39, 0.29) is 13.2 Å². The number of hydrogen-bond donors (Lipinski definition) is 1. The second kappa shape index (κ2) is 8.46. The molecule has 0 unspecified atom stereocenters. The smallest absolute Gasteiger partial charge is 0.302 e. The molecule has 0 spiro atoms. The number of aliphatic hydroxyl groups excluding tert-OH is 1. The molecule has 6 nitrogen and oxygen atoms in total. The van der Waals surface area contributed by atoms with Gasteiger partial charge in [-0.3, -0.25) is 4.79 Å². The van der Waals surface area contributed by atoms with Gasteiger partial charge in [0.2, 0.25) is 0 Å². The average molecular weight is 236 g/mol. The van der Waals surface area contributed by atoms with Gasteiger partial charge in [0.05, 0.1) is 6.61 Å². The van der Waals surface area contributed by atoms with E-state index in [0.29, 0.717) is 0 Å². The highest BCUT2D eigenvalue weighted by Gasteiger charge is 2.29. The molecule has 0 radical (unpaired) electrons. The van der Waals surface area contributed by atoms with Crippen LogP contribution >= 0.6 is 0 Å². The average Bonchev–Trinajstić information content (AvgIpc) is 2.24. The molecule has 0 saturated carbocycles. The van der Waals surface area contributed by atoms with Crippen LogP contribution in [-0.4, -0.2) is 63.9 Å². The summed E-state index contributed by atoms with van der Waals surface area (Å²) in [6, 6.07) is 0. The fraction of sp³-hybridized carbons (Fsp3) is 0.900. The molecule has 0 aromatic rings. The van der Waals surface area contributed by atoms with Gasteiger partial charge in [-0.2, -0.15) is 0 Å². The molecule has 0 saturated heterocycles. The molecule has 0 aliphatic carbocycles. The van der Waals surface area contributed by atoms with E-state index in [0.717, 1.165) is 0 Å². The fourth-order valence-corrected chi connectivity index (χ4v) is 1.32. The number of carbonyl (C=O) groups excluding carboxylic acids is 1. The Kier molecular flexibility index (Phi) is 8.10. The highest BCUT2D eigenvalue weighted by molar-refractivity contribution is 5.65. The highest BCUT2D eigenvalue weighted by Crippen LogP contribution is 2.09. The molecule has 0 amide bonds. The predicted molar refractivity (Wildman–Crippen MR) is 56.1 cm³/mol. The minimum absolute atomic E-state index is 0.0329. The van der Waals surface area contributed by atoms with Gasteiger partial charge in [0.1, 0.15) is 24.9 Å². The van der Waals surface area contributed by atoms with Gasteiger partial charge in [0.25, 0.3) is 0 Å². The summed E-state index contributed by atoms with van der Waals surface area (Å²) in [4.78, 5) is 10.7. The summed E-state index contributed by atoms with van der Waals surface area (Å²) < 4.78 is 19.8. The lowest BCUT2D eigenvalue weighted by atomic mass is 10.1. The molecule has 0 bridgehead atoms. The number of aliphatic hydroxyl groups is 1. The molecule has 6 heteroatoms. The molecule has 0 fully saturated rings. The molecule has 96 valence electrons. The Hall–Kier alpha value is -0.690. The van der Waals surface area contributed by atoms with Gasteiger partial charge in [0.15, 0.2) is 0 Å². The predicted octanol–water partition coefficient (Wildman–Crippen LogP) is -0.413. The molecule has 3 atom stereocenters. The van der Waals surface area contributed by atoms with E-state index in [1.54, 1.807) is 0 Å². The van der Waals surface area contributed by atoms with E-state index in [2.05, 4.69) is 0 Å². The third-order valence-corrected chi connectivity index (χ3v) is 2.11. The van der Waals surface area contributed by atoms with Crippen LogP contribution in [-0.2, 0) is 23.7 Å². The number of hydrogen-bond acceptors (Lipinski definition) is 6. The SMILES string of the molecule is COC[C@H](O)[C@H](OC)[C@H](COC(C)=O)OC.